The number of aromatic nitrogens is 4. The molecule has 0 saturated heterocycles. The third-order valence-corrected chi connectivity index (χ3v) is 3.16. The lowest BCUT2D eigenvalue weighted by Crippen LogP contribution is -2.42. The Hall–Kier alpha value is -2.44. The molecule has 7 heteroatoms. The second-order valence-electron chi connectivity index (χ2n) is 4.97. The first kappa shape index (κ1) is 15.0. The van der Waals surface area contributed by atoms with Gasteiger partial charge in [0, 0.05) is 6.20 Å². The van der Waals surface area contributed by atoms with Crippen molar-refractivity contribution in [1.82, 2.24) is 25.3 Å². The van der Waals surface area contributed by atoms with E-state index in [1.54, 1.807) is 35.5 Å². The van der Waals surface area contributed by atoms with E-state index in [2.05, 4.69) is 20.5 Å². The quantitative estimate of drug-likeness (QED) is 0.862. The van der Waals surface area contributed by atoms with Gasteiger partial charge in [0.2, 0.25) is 5.88 Å². The standard InChI is InChI=1S/C14H19N5O2/c1-10(2)12(9-19-16-7-8-17-19)18-13(20)11-5-4-6-15-14(11)21-3/h4-8,10,12H,9H2,1-3H3,(H,18,20)/t12-/m0/s1. The molecule has 2 aromatic heterocycles. The maximum Gasteiger partial charge on any atom is 0.257 e. The van der Waals surface area contributed by atoms with Gasteiger partial charge in [-0.15, -0.1) is 0 Å². The Morgan fingerprint density at radius 3 is 2.67 bits per heavy atom. The molecule has 21 heavy (non-hydrogen) atoms. The summed E-state index contributed by atoms with van der Waals surface area (Å²) in [6.07, 6.45) is 4.82. The molecule has 0 fully saturated rings. The molecule has 0 saturated carbocycles. The molecule has 2 heterocycles. The molecule has 0 aliphatic rings. The number of carbonyl (C=O) groups excluding carboxylic acids is 1. The molecule has 1 N–H and O–H groups in total. The average molecular weight is 289 g/mol. The van der Waals surface area contributed by atoms with Crippen LogP contribution in [-0.4, -0.2) is 39.0 Å². The molecule has 2 aromatic rings. The van der Waals surface area contributed by atoms with Crippen molar-refractivity contribution in [2.75, 3.05) is 7.11 Å². The third kappa shape index (κ3) is 3.77. The molecule has 7 nitrogen and oxygen atoms in total. The van der Waals surface area contributed by atoms with Crippen LogP contribution in [0.5, 0.6) is 5.88 Å². The van der Waals surface area contributed by atoms with Crippen molar-refractivity contribution >= 4 is 5.91 Å². The number of rotatable bonds is 6. The van der Waals surface area contributed by atoms with Gasteiger partial charge >= 0.3 is 0 Å². The zero-order chi connectivity index (χ0) is 15.2. The normalized spacial score (nSPS) is 12.2. The van der Waals surface area contributed by atoms with Crippen molar-refractivity contribution in [2.24, 2.45) is 5.92 Å². The molecule has 0 spiro atoms. The molecular weight excluding hydrogens is 270 g/mol. The van der Waals surface area contributed by atoms with E-state index in [1.807, 2.05) is 13.8 Å². The number of nitrogens with zero attached hydrogens (tertiary/aromatic N) is 4. The first-order chi connectivity index (χ1) is 10.1. The maximum absolute atomic E-state index is 12.4. The monoisotopic (exact) mass is 289 g/mol. The minimum absolute atomic E-state index is 0.0881. The molecule has 2 rings (SSSR count). The zero-order valence-electron chi connectivity index (χ0n) is 12.4. The summed E-state index contributed by atoms with van der Waals surface area (Å²) in [6, 6.07) is 3.30. The number of nitrogens with one attached hydrogen (secondary N) is 1. The SMILES string of the molecule is COc1ncccc1C(=O)N[C@@H](Cn1nccn1)C(C)C. The minimum Gasteiger partial charge on any atom is -0.480 e. The van der Waals surface area contributed by atoms with Gasteiger partial charge in [-0.05, 0) is 18.1 Å². The average Bonchev–Trinajstić information content (AvgIpc) is 2.99. The number of carbonyl (C=O) groups is 1. The summed E-state index contributed by atoms with van der Waals surface area (Å²) >= 11 is 0. The Bertz CT molecular complexity index is 583. The first-order valence-electron chi connectivity index (χ1n) is 6.75. The predicted octanol–water partition coefficient (Wildman–Crippen LogP) is 1.14. The van der Waals surface area contributed by atoms with Crippen molar-refractivity contribution in [3.63, 3.8) is 0 Å². The highest BCUT2D eigenvalue weighted by Gasteiger charge is 2.20. The molecule has 112 valence electrons. The van der Waals surface area contributed by atoms with Gasteiger partial charge in [-0.2, -0.15) is 15.0 Å². The molecule has 1 atom stereocenters. The molecule has 0 bridgehead atoms. The van der Waals surface area contributed by atoms with Crippen LogP contribution < -0.4 is 10.1 Å². The summed E-state index contributed by atoms with van der Waals surface area (Å²) in [4.78, 5) is 18.0. The molecule has 0 radical (unpaired) electrons. The molecule has 1 amide bonds. The number of ether oxygens (including phenoxy) is 1. The lowest BCUT2D eigenvalue weighted by molar-refractivity contribution is 0.0914. The summed E-state index contributed by atoms with van der Waals surface area (Å²) in [5.74, 6) is 0.336. The fourth-order valence-corrected chi connectivity index (χ4v) is 1.91. The van der Waals surface area contributed by atoms with Crippen LogP contribution in [0.4, 0.5) is 0 Å². The van der Waals surface area contributed by atoms with E-state index in [-0.39, 0.29) is 17.9 Å². The summed E-state index contributed by atoms with van der Waals surface area (Å²) < 4.78 is 5.11. The van der Waals surface area contributed by atoms with E-state index in [9.17, 15) is 4.79 Å². The van der Waals surface area contributed by atoms with Crippen molar-refractivity contribution in [3.8, 4) is 5.88 Å². The summed E-state index contributed by atoms with van der Waals surface area (Å²) in [5.41, 5.74) is 0.416. The van der Waals surface area contributed by atoms with Crippen LogP contribution in [0.15, 0.2) is 30.7 Å². The highest BCUT2D eigenvalue weighted by Crippen LogP contribution is 2.14. The van der Waals surface area contributed by atoms with Gasteiger partial charge in [0.05, 0.1) is 32.1 Å². The highest BCUT2D eigenvalue weighted by atomic mass is 16.5. The third-order valence-electron chi connectivity index (χ3n) is 3.16. The van der Waals surface area contributed by atoms with E-state index in [4.69, 9.17) is 4.74 Å². The number of pyridine rings is 1. The van der Waals surface area contributed by atoms with Crippen LogP contribution >= 0.6 is 0 Å². The van der Waals surface area contributed by atoms with Crippen molar-refractivity contribution < 1.29 is 9.53 Å². The zero-order valence-corrected chi connectivity index (χ0v) is 12.4. The molecule has 0 aromatic carbocycles. The lowest BCUT2D eigenvalue weighted by atomic mass is 10.0. The highest BCUT2D eigenvalue weighted by molar-refractivity contribution is 5.96. The van der Waals surface area contributed by atoms with Crippen LogP contribution in [0, 0.1) is 5.92 Å². The second-order valence-corrected chi connectivity index (χ2v) is 4.97. The molecular formula is C14H19N5O2. The number of amides is 1. The summed E-state index contributed by atoms with van der Waals surface area (Å²) in [5, 5.41) is 11.1. The molecule has 0 aliphatic heterocycles. The first-order valence-corrected chi connectivity index (χ1v) is 6.75. The van der Waals surface area contributed by atoms with Crippen LogP contribution in [0.2, 0.25) is 0 Å². The van der Waals surface area contributed by atoms with Crippen molar-refractivity contribution in [1.29, 1.82) is 0 Å². The van der Waals surface area contributed by atoms with Crippen LogP contribution in [0.3, 0.4) is 0 Å². The van der Waals surface area contributed by atoms with Gasteiger partial charge in [-0.1, -0.05) is 13.8 Å². The smallest absolute Gasteiger partial charge is 0.257 e. The number of hydrogen-bond acceptors (Lipinski definition) is 5. The van der Waals surface area contributed by atoms with Gasteiger partial charge in [-0.25, -0.2) is 4.98 Å². The number of hydrogen-bond donors (Lipinski definition) is 1. The van der Waals surface area contributed by atoms with Crippen LogP contribution in [0.1, 0.15) is 24.2 Å². The van der Waals surface area contributed by atoms with Gasteiger partial charge < -0.3 is 10.1 Å². The van der Waals surface area contributed by atoms with Gasteiger partial charge in [0.25, 0.3) is 5.91 Å². The van der Waals surface area contributed by atoms with E-state index in [1.165, 1.54) is 7.11 Å². The maximum atomic E-state index is 12.4. The lowest BCUT2D eigenvalue weighted by Gasteiger charge is -2.22. The van der Waals surface area contributed by atoms with E-state index in [0.29, 0.717) is 18.0 Å². The Morgan fingerprint density at radius 2 is 2.05 bits per heavy atom. The Balaban J connectivity index is 2.11. The second kappa shape index (κ2) is 6.83. The van der Waals surface area contributed by atoms with E-state index in [0.717, 1.165) is 0 Å². The Morgan fingerprint density at radius 1 is 1.33 bits per heavy atom. The van der Waals surface area contributed by atoms with Gasteiger partial charge in [0.15, 0.2) is 0 Å². The molecule has 0 unspecified atom stereocenters. The topological polar surface area (TPSA) is 81.9 Å². The van der Waals surface area contributed by atoms with Gasteiger partial charge in [0.1, 0.15) is 5.56 Å². The fraction of sp³-hybridized carbons (Fsp3) is 0.429. The summed E-state index contributed by atoms with van der Waals surface area (Å²) in [7, 11) is 1.49. The number of methoxy groups -OCH3 is 1. The minimum atomic E-state index is -0.217. The van der Waals surface area contributed by atoms with Crippen molar-refractivity contribution in [2.45, 2.75) is 26.4 Å². The van der Waals surface area contributed by atoms with Crippen LogP contribution in [-0.2, 0) is 6.54 Å². The van der Waals surface area contributed by atoms with E-state index >= 15 is 0 Å². The summed E-state index contributed by atoms with van der Waals surface area (Å²) in [6.45, 7) is 4.59. The Kier molecular flexibility index (Phi) is 4.86. The Labute approximate surface area is 123 Å². The fourth-order valence-electron chi connectivity index (χ4n) is 1.91. The van der Waals surface area contributed by atoms with Crippen LogP contribution in [0.25, 0.3) is 0 Å². The largest absolute Gasteiger partial charge is 0.480 e. The van der Waals surface area contributed by atoms with E-state index < -0.39 is 0 Å². The molecule has 0 aliphatic carbocycles. The van der Waals surface area contributed by atoms with Gasteiger partial charge in [-0.3, -0.25) is 4.79 Å². The van der Waals surface area contributed by atoms with Crippen molar-refractivity contribution in [3.05, 3.63) is 36.3 Å². The predicted molar refractivity (Wildman–Crippen MR) is 76.9 cm³/mol.